The molecule has 0 aliphatic carbocycles. The van der Waals surface area contributed by atoms with Crippen molar-refractivity contribution < 1.29 is 0 Å². The van der Waals surface area contributed by atoms with E-state index in [0.717, 1.165) is 43.0 Å². The summed E-state index contributed by atoms with van der Waals surface area (Å²) >= 11 is 0. The highest BCUT2D eigenvalue weighted by atomic mass is 15.3. The molecule has 1 aliphatic heterocycles. The first-order valence-corrected chi connectivity index (χ1v) is 7.47. The summed E-state index contributed by atoms with van der Waals surface area (Å²) in [5.41, 5.74) is 9.20. The van der Waals surface area contributed by atoms with Crippen molar-refractivity contribution in [3.05, 3.63) is 29.2 Å². The van der Waals surface area contributed by atoms with Gasteiger partial charge < -0.3 is 10.6 Å². The molecule has 112 valence electrons. The molecule has 0 bridgehead atoms. The summed E-state index contributed by atoms with van der Waals surface area (Å²) in [6.07, 6.45) is 3.83. The topological polar surface area (TPSA) is 72.9 Å². The Bertz CT molecular complexity index is 648. The van der Waals surface area contributed by atoms with Crippen molar-refractivity contribution in [3.63, 3.8) is 0 Å². The maximum absolute atomic E-state index is 5.76. The molecule has 2 aromatic rings. The summed E-state index contributed by atoms with van der Waals surface area (Å²) in [6.45, 7) is 8.17. The first-order chi connectivity index (χ1) is 10.1. The van der Waals surface area contributed by atoms with E-state index < -0.39 is 0 Å². The van der Waals surface area contributed by atoms with Crippen LogP contribution in [0.3, 0.4) is 0 Å². The summed E-state index contributed by atoms with van der Waals surface area (Å²) in [5.74, 6) is 1.32. The molecule has 3 rings (SSSR count). The maximum Gasteiger partial charge on any atom is 0.221 e. The summed E-state index contributed by atoms with van der Waals surface area (Å²) < 4.78 is 2.14. The van der Waals surface area contributed by atoms with Crippen LogP contribution in [0.1, 0.15) is 36.3 Å². The van der Waals surface area contributed by atoms with Crippen LogP contribution in [0.2, 0.25) is 0 Å². The summed E-state index contributed by atoms with van der Waals surface area (Å²) in [7, 11) is 0. The lowest BCUT2D eigenvalue weighted by Crippen LogP contribution is -2.24. The normalized spacial score (nSPS) is 18.4. The van der Waals surface area contributed by atoms with Crippen molar-refractivity contribution in [2.45, 2.75) is 39.7 Å². The Labute approximate surface area is 125 Å². The van der Waals surface area contributed by atoms with Gasteiger partial charge in [-0.15, -0.1) is 0 Å². The van der Waals surface area contributed by atoms with Crippen molar-refractivity contribution in [1.29, 1.82) is 0 Å². The fourth-order valence-electron chi connectivity index (χ4n) is 3.08. The number of rotatable bonds is 3. The second-order valence-corrected chi connectivity index (χ2v) is 5.69. The van der Waals surface area contributed by atoms with Gasteiger partial charge in [0.2, 0.25) is 5.95 Å². The SMILES string of the molecule is CCc1cnc(N)nc1N1CC[C@H](n2nc(C)cc2C)C1. The molecular weight excluding hydrogens is 264 g/mol. The summed E-state index contributed by atoms with van der Waals surface area (Å²) in [6, 6.07) is 2.53. The van der Waals surface area contributed by atoms with Crippen LogP contribution in [0.25, 0.3) is 0 Å². The Hall–Kier alpha value is -2.11. The van der Waals surface area contributed by atoms with Crippen molar-refractivity contribution >= 4 is 11.8 Å². The molecule has 0 aromatic carbocycles. The quantitative estimate of drug-likeness (QED) is 0.932. The molecule has 1 aliphatic rings. The molecule has 1 atom stereocenters. The zero-order valence-electron chi connectivity index (χ0n) is 12.9. The highest BCUT2D eigenvalue weighted by molar-refractivity contribution is 5.49. The van der Waals surface area contributed by atoms with Gasteiger partial charge in [-0.1, -0.05) is 6.92 Å². The van der Waals surface area contributed by atoms with E-state index in [1.54, 1.807) is 0 Å². The first kappa shape index (κ1) is 13.9. The molecule has 21 heavy (non-hydrogen) atoms. The number of hydrogen-bond donors (Lipinski definition) is 1. The third-order valence-corrected chi connectivity index (χ3v) is 4.09. The first-order valence-electron chi connectivity index (χ1n) is 7.47. The smallest absolute Gasteiger partial charge is 0.221 e. The van der Waals surface area contributed by atoms with E-state index in [-0.39, 0.29) is 0 Å². The molecule has 6 heteroatoms. The Morgan fingerprint density at radius 1 is 1.38 bits per heavy atom. The van der Waals surface area contributed by atoms with E-state index in [0.29, 0.717) is 12.0 Å². The number of nitrogens with zero attached hydrogens (tertiary/aromatic N) is 5. The van der Waals surface area contributed by atoms with Crippen LogP contribution in [0.15, 0.2) is 12.3 Å². The maximum atomic E-state index is 5.76. The highest BCUT2D eigenvalue weighted by Crippen LogP contribution is 2.29. The third kappa shape index (κ3) is 2.57. The van der Waals surface area contributed by atoms with E-state index >= 15 is 0 Å². The molecular formula is C15H22N6. The van der Waals surface area contributed by atoms with Gasteiger partial charge in [-0.3, -0.25) is 4.68 Å². The lowest BCUT2D eigenvalue weighted by Gasteiger charge is -2.20. The molecule has 2 aromatic heterocycles. The standard InChI is InChI=1S/C15H22N6/c1-4-12-8-17-15(16)18-14(12)20-6-5-13(9-20)21-11(3)7-10(2)19-21/h7-8,13H,4-6,9H2,1-3H3,(H2,16,17,18)/t13-/m0/s1. The number of anilines is 2. The second kappa shape index (κ2) is 5.35. The van der Waals surface area contributed by atoms with Gasteiger partial charge in [0.1, 0.15) is 5.82 Å². The van der Waals surface area contributed by atoms with E-state index in [1.165, 1.54) is 5.69 Å². The van der Waals surface area contributed by atoms with Gasteiger partial charge in [0, 0.05) is 30.5 Å². The lowest BCUT2D eigenvalue weighted by molar-refractivity contribution is 0.481. The van der Waals surface area contributed by atoms with Crippen LogP contribution in [-0.4, -0.2) is 32.8 Å². The average Bonchev–Trinajstić information content (AvgIpc) is 3.05. The number of aromatic nitrogens is 4. The van der Waals surface area contributed by atoms with Gasteiger partial charge in [-0.25, -0.2) is 4.98 Å². The third-order valence-electron chi connectivity index (χ3n) is 4.09. The Kier molecular flexibility index (Phi) is 3.53. The van der Waals surface area contributed by atoms with E-state index in [1.807, 2.05) is 13.1 Å². The van der Waals surface area contributed by atoms with Crippen LogP contribution >= 0.6 is 0 Å². The van der Waals surface area contributed by atoms with Gasteiger partial charge >= 0.3 is 0 Å². The minimum atomic E-state index is 0.344. The Morgan fingerprint density at radius 2 is 2.19 bits per heavy atom. The molecule has 3 heterocycles. The van der Waals surface area contributed by atoms with Crippen LogP contribution in [0.5, 0.6) is 0 Å². The zero-order valence-corrected chi connectivity index (χ0v) is 12.9. The number of aryl methyl sites for hydroxylation is 3. The zero-order chi connectivity index (χ0) is 15.0. The average molecular weight is 286 g/mol. The summed E-state index contributed by atoms with van der Waals surface area (Å²) in [5, 5.41) is 4.61. The Balaban J connectivity index is 1.84. The van der Waals surface area contributed by atoms with Crippen LogP contribution < -0.4 is 10.6 Å². The number of nitrogens with two attached hydrogens (primary N) is 1. The minimum absolute atomic E-state index is 0.344. The fourth-order valence-corrected chi connectivity index (χ4v) is 3.08. The predicted octanol–water partition coefficient (Wildman–Crippen LogP) is 1.89. The fraction of sp³-hybridized carbons (Fsp3) is 0.533. The van der Waals surface area contributed by atoms with Crippen molar-refractivity contribution in [2.75, 3.05) is 23.7 Å². The molecule has 2 N–H and O–H groups in total. The minimum Gasteiger partial charge on any atom is -0.368 e. The van der Waals surface area contributed by atoms with Crippen molar-refractivity contribution in [1.82, 2.24) is 19.7 Å². The molecule has 1 fully saturated rings. The van der Waals surface area contributed by atoms with Crippen molar-refractivity contribution in [3.8, 4) is 0 Å². The molecule has 0 radical (unpaired) electrons. The molecule has 0 saturated carbocycles. The highest BCUT2D eigenvalue weighted by Gasteiger charge is 2.27. The van der Waals surface area contributed by atoms with Crippen molar-refractivity contribution in [2.24, 2.45) is 0 Å². The second-order valence-electron chi connectivity index (χ2n) is 5.69. The van der Waals surface area contributed by atoms with Gasteiger partial charge in [-0.05, 0) is 32.8 Å². The van der Waals surface area contributed by atoms with Crippen LogP contribution in [0.4, 0.5) is 11.8 Å². The van der Waals surface area contributed by atoms with Crippen LogP contribution in [0, 0.1) is 13.8 Å². The van der Waals surface area contributed by atoms with Gasteiger partial charge in [0.25, 0.3) is 0 Å². The molecule has 1 saturated heterocycles. The van der Waals surface area contributed by atoms with E-state index in [4.69, 9.17) is 5.73 Å². The van der Waals surface area contributed by atoms with Crippen LogP contribution in [-0.2, 0) is 6.42 Å². The van der Waals surface area contributed by atoms with Gasteiger partial charge in [0.15, 0.2) is 0 Å². The largest absolute Gasteiger partial charge is 0.368 e. The number of nitrogen functional groups attached to an aromatic ring is 1. The monoisotopic (exact) mass is 286 g/mol. The van der Waals surface area contributed by atoms with Gasteiger partial charge in [-0.2, -0.15) is 10.1 Å². The summed E-state index contributed by atoms with van der Waals surface area (Å²) in [4.78, 5) is 10.8. The predicted molar refractivity (Wildman–Crippen MR) is 83.4 cm³/mol. The van der Waals surface area contributed by atoms with E-state index in [9.17, 15) is 0 Å². The Morgan fingerprint density at radius 3 is 2.86 bits per heavy atom. The lowest BCUT2D eigenvalue weighted by atomic mass is 10.2. The molecule has 0 spiro atoms. The van der Waals surface area contributed by atoms with Gasteiger partial charge in [0.05, 0.1) is 11.7 Å². The molecule has 0 unspecified atom stereocenters. The number of hydrogen-bond acceptors (Lipinski definition) is 5. The molecule has 0 amide bonds. The van der Waals surface area contributed by atoms with E-state index in [2.05, 4.69) is 44.6 Å². The molecule has 6 nitrogen and oxygen atoms in total.